The number of aliphatic carboxylic acids is 1. The van der Waals surface area contributed by atoms with Gasteiger partial charge in [0.2, 0.25) is 5.91 Å². The molecule has 1 atom stereocenters. The predicted octanol–water partition coefficient (Wildman–Crippen LogP) is 0.870. The van der Waals surface area contributed by atoms with E-state index in [0.29, 0.717) is 0 Å². The van der Waals surface area contributed by atoms with Crippen molar-refractivity contribution < 1.29 is 24.2 Å². The number of amides is 2. The summed E-state index contributed by atoms with van der Waals surface area (Å²) in [6, 6.07) is 9.61. The fraction of sp³-hybridized carbons (Fsp3) is 0.160. The molecule has 1 rings (SSSR count). The number of hydrogen-bond acceptors (Lipinski definition) is 4. The molecular formula is C25H16N2O5. The summed E-state index contributed by atoms with van der Waals surface area (Å²) in [5.74, 6) is 24.8. The van der Waals surface area contributed by atoms with Crippen molar-refractivity contribution in [3.63, 3.8) is 0 Å². The molecule has 0 spiro atoms. The second-order valence-electron chi connectivity index (χ2n) is 5.47. The second kappa shape index (κ2) is 15.7. The highest BCUT2D eigenvalue weighted by atomic mass is 16.5. The maximum Gasteiger partial charge on any atom is 0.408 e. The number of alkyl carbamates (subject to hydrolysis) is 1. The molecule has 156 valence electrons. The molecule has 7 nitrogen and oxygen atoms in total. The van der Waals surface area contributed by atoms with Crippen LogP contribution >= 0.6 is 0 Å². The number of carbonyl (C=O) groups is 3. The molecular weight excluding hydrogens is 408 g/mol. The average molecular weight is 424 g/mol. The third-order valence-electron chi connectivity index (χ3n) is 3.14. The fourth-order valence-electron chi connectivity index (χ4n) is 1.79. The summed E-state index contributed by atoms with van der Waals surface area (Å²) in [4.78, 5) is 34.9. The zero-order valence-corrected chi connectivity index (χ0v) is 17.0. The predicted molar refractivity (Wildman–Crippen MR) is 116 cm³/mol. The Kier molecular flexibility index (Phi) is 12.2. The van der Waals surface area contributed by atoms with Crippen molar-refractivity contribution in [2.75, 3.05) is 0 Å². The number of nitrogens with one attached hydrogen (secondary N) is 2. The first-order valence-electron chi connectivity index (χ1n) is 8.93. The molecule has 1 aromatic carbocycles. The van der Waals surface area contributed by atoms with Gasteiger partial charge in [0, 0.05) is 35.6 Å². The van der Waals surface area contributed by atoms with Crippen LogP contribution in [0.1, 0.15) is 18.9 Å². The zero-order chi connectivity index (χ0) is 23.4. The summed E-state index contributed by atoms with van der Waals surface area (Å²) in [7, 11) is 0. The molecule has 0 fully saturated rings. The van der Waals surface area contributed by atoms with Crippen molar-refractivity contribution in [1.29, 1.82) is 0 Å². The summed E-state index contributed by atoms with van der Waals surface area (Å²) >= 11 is 0. The molecule has 7 heteroatoms. The van der Waals surface area contributed by atoms with Crippen LogP contribution in [0.25, 0.3) is 0 Å². The fourth-order valence-corrected chi connectivity index (χ4v) is 1.79. The van der Waals surface area contributed by atoms with E-state index in [2.05, 4.69) is 81.8 Å². The van der Waals surface area contributed by atoms with Gasteiger partial charge in [0.1, 0.15) is 12.6 Å². The molecule has 0 unspecified atom stereocenters. The van der Waals surface area contributed by atoms with Gasteiger partial charge in [0.05, 0.1) is 6.42 Å². The molecule has 0 radical (unpaired) electrons. The van der Waals surface area contributed by atoms with Gasteiger partial charge >= 0.3 is 12.1 Å². The molecule has 0 aromatic heterocycles. The molecule has 0 aliphatic heterocycles. The van der Waals surface area contributed by atoms with Gasteiger partial charge in [-0.1, -0.05) is 36.3 Å². The molecule has 32 heavy (non-hydrogen) atoms. The minimum Gasteiger partial charge on any atom is -0.480 e. The van der Waals surface area contributed by atoms with Crippen molar-refractivity contribution in [3.05, 3.63) is 35.9 Å². The van der Waals surface area contributed by atoms with Gasteiger partial charge in [-0.25, -0.2) is 9.59 Å². The minimum absolute atomic E-state index is 0.0369. The van der Waals surface area contributed by atoms with Gasteiger partial charge in [-0.3, -0.25) is 10.1 Å². The molecule has 3 N–H and O–H groups in total. The smallest absolute Gasteiger partial charge is 0.408 e. The van der Waals surface area contributed by atoms with Crippen molar-refractivity contribution in [2.45, 2.75) is 26.0 Å². The van der Waals surface area contributed by atoms with Crippen LogP contribution in [0.2, 0.25) is 0 Å². The Morgan fingerprint density at radius 2 is 1.47 bits per heavy atom. The Balaban J connectivity index is 2.46. The van der Waals surface area contributed by atoms with Crippen molar-refractivity contribution in [3.8, 4) is 71.2 Å². The summed E-state index contributed by atoms with van der Waals surface area (Å²) < 4.78 is 4.94. The van der Waals surface area contributed by atoms with Gasteiger partial charge in [0.25, 0.3) is 0 Å². The third kappa shape index (κ3) is 12.3. The summed E-state index contributed by atoms with van der Waals surface area (Å²) in [5.41, 5.74) is 0.732. The molecule has 0 aliphatic carbocycles. The van der Waals surface area contributed by atoms with Gasteiger partial charge in [0.15, 0.2) is 0 Å². The van der Waals surface area contributed by atoms with E-state index < -0.39 is 30.4 Å². The lowest BCUT2D eigenvalue weighted by atomic mass is 10.2. The molecule has 0 bridgehead atoms. The standard InChI is InChI=1S/C25H16N2O5/c1-2-3-4-5-6-7-8-9-10-11-15-18-26-23(28)19-22(24(29)30)27-25(31)32-20-21-16-13-12-14-17-21/h12-14,16-17,22H,19-20H2,1H3,(H,26,28)(H,27,31)(H,29,30)/t22-/m0/s1. The Morgan fingerprint density at radius 3 is 2.03 bits per heavy atom. The summed E-state index contributed by atoms with van der Waals surface area (Å²) in [6.07, 6.45) is -1.51. The van der Waals surface area contributed by atoms with Gasteiger partial charge < -0.3 is 15.2 Å². The maximum absolute atomic E-state index is 11.8. The normalized spacial score (nSPS) is 8.53. The zero-order valence-electron chi connectivity index (χ0n) is 17.0. The van der Waals surface area contributed by atoms with Crippen molar-refractivity contribution in [1.82, 2.24) is 10.6 Å². The Labute approximate surface area is 186 Å². The molecule has 2 amide bonds. The van der Waals surface area contributed by atoms with E-state index >= 15 is 0 Å². The Bertz CT molecular complexity index is 1210. The van der Waals surface area contributed by atoms with Crippen molar-refractivity contribution in [2.24, 2.45) is 0 Å². The first-order chi connectivity index (χ1) is 15.5. The van der Waals surface area contributed by atoms with Crippen LogP contribution in [0.3, 0.4) is 0 Å². The number of hydrogen-bond donors (Lipinski definition) is 3. The highest BCUT2D eigenvalue weighted by molar-refractivity contribution is 5.87. The number of carbonyl (C=O) groups excluding carboxylic acids is 2. The van der Waals surface area contributed by atoms with E-state index in [0.717, 1.165) is 5.56 Å². The number of carboxylic acid groups (broad SMARTS) is 1. The molecule has 0 saturated carbocycles. The number of ether oxygens (including phenoxy) is 1. The highest BCUT2D eigenvalue weighted by Gasteiger charge is 2.23. The van der Waals surface area contributed by atoms with Crippen LogP contribution in [0.4, 0.5) is 4.79 Å². The van der Waals surface area contributed by atoms with Crippen LogP contribution in [0.5, 0.6) is 0 Å². The van der Waals surface area contributed by atoms with Crippen molar-refractivity contribution >= 4 is 18.0 Å². The lowest BCUT2D eigenvalue weighted by Gasteiger charge is -2.13. The number of benzene rings is 1. The van der Waals surface area contributed by atoms with E-state index in [1.165, 1.54) is 0 Å². The van der Waals surface area contributed by atoms with Crippen LogP contribution in [-0.2, 0) is 20.9 Å². The number of rotatable bonds is 6. The molecule has 0 aliphatic rings. The second-order valence-corrected chi connectivity index (χ2v) is 5.47. The highest BCUT2D eigenvalue weighted by Crippen LogP contribution is 2.01. The SMILES string of the molecule is CC#CC#CC#CC#CC#CC#CNC(=O)C[C@H](NC(=O)OCc1ccccc1)C(=O)O. The number of carboxylic acids is 1. The maximum atomic E-state index is 11.8. The first kappa shape index (κ1) is 24.8. The largest absolute Gasteiger partial charge is 0.480 e. The quantitative estimate of drug-likeness (QED) is 0.464. The first-order valence-corrected chi connectivity index (χ1v) is 8.93. The van der Waals surface area contributed by atoms with Gasteiger partial charge in [-0.2, -0.15) is 0 Å². The minimum atomic E-state index is -1.48. The summed E-state index contributed by atoms with van der Waals surface area (Å²) in [6.45, 7) is 1.62. The Morgan fingerprint density at radius 1 is 0.906 bits per heavy atom. The van der Waals surface area contributed by atoms with Gasteiger partial charge in [-0.15, -0.1) is 0 Å². The van der Waals surface area contributed by atoms with Gasteiger partial charge in [-0.05, 0) is 42.1 Å². The molecule has 0 saturated heterocycles. The van der Waals surface area contributed by atoms with Crippen LogP contribution in [0, 0.1) is 71.2 Å². The van der Waals surface area contributed by atoms with Crippen LogP contribution < -0.4 is 10.6 Å². The van der Waals surface area contributed by atoms with E-state index in [-0.39, 0.29) is 6.61 Å². The topological polar surface area (TPSA) is 105 Å². The molecule has 1 aromatic rings. The third-order valence-corrected chi connectivity index (χ3v) is 3.14. The van der Waals surface area contributed by atoms with E-state index in [1.807, 2.05) is 6.07 Å². The van der Waals surface area contributed by atoms with E-state index in [4.69, 9.17) is 4.74 Å². The monoisotopic (exact) mass is 424 g/mol. The molecule has 0 heterocycles. The average Bonchev–Trinajstić information content (AvgIpc) is 2.78. The van der Waals surface area contributed by atoms with E-state index in [1.54, 1.807) is 31.2 Å². The van der Waals surface area contributed by atoms with Crippen LogP contribution in [0.15, 0.2) is 30.3 Å². The Hall–Kier alpha value is -5.21. The lowest BCUT2D eigenvalue weighted by molar-refractivity contribution is -0.141. The summed E-state index contributed by atoms with van der Waals surface area (Å²) in [5, 5.41) is 13.5. The van der Waals surface area contributed by atoms with Crippen LogP contribution in [-0.4, -0.2) is 29.1 Å². The van der Waals surface area contributed by atoms with E-state index in [9.17, 15) is 19.5 Å². The lowest BCUT2D eigenvalue weighted by Crippen LogP contribution is -2.43.